The molecule has 2 radical (unpaired) electrons. The minimum absolute atomic E-state index is 0.304. The first-order valence-corrected chi connectivity index (χ1v) is 22.3. The van der Waals surface area contributed by atoms with Gasteiger partial charge in [0.05, 0.1) is 0 Å². The average molecular weight is 801 g/mol. The summed E-state index contributed by atoms with van der Waals surface area (Å²) in [5, 5.41) is 0. The summed E-state index contributed by atoms with van der Waals surface area (Å²) in [6, 6.07) is 48.7. The number of anilines is 6. The van der Waals surface area contributed by atoms with Crippen molar-refractivity contribution in [3.63, 3.8) is 0 Å². The third-order valence-corrected chi connectivity index (χ3v) is 13.6. The van der Waals surface area contributed by atoms with Crippen LogP contribution in [0.15, 0.2) is 151 Å². The lowest BCUT2D eigenvalue weighted by molar-refractivity contribution is 0.127. The van der Waals surface area contributed by atoms with Crippen LogP contribution in [0, 0.1) is 27.7 Å². The first-order valence-electron chi connectivity index (χ1n) is 19.3. The van der Waals surface area contributed by atoms with E-state index < -0.39 is 8.80 Å². The van der Waals surface area contributed by atoms with E-state index >= 15 is 0 Å². The largest absolute Gasteiger partial charge is 0.504 e. The van der Waals surface area contributed by atoms with Crippen molar-refractivity contribution in [1.82, 2.24) is 0 Å². The van der Waals surface area contributed by atoms with Gasteiger partial charge in [-0.3, -0.25) is 0 Å². The summed E-state index contributed by atoms with van der Waals surface area (Å²) in [7, 11) is 4.23. The van der Waals surface area contributed by atoms with E-state index in [1.807, 2.05) is 11.8 Å². The summed E-state index contributed by atoms with van der Waals surface area (Å²) in [6.45, 7) is 8.63. The molecule has 6 rings (SSSR count). The van der Waals surface area contributed by atoms with Gasteiger partial charge in [-0.1, -0.05) is 72.8 Å². The molecule has 58 heavy (non-hydrogen) atoms. The van der Waals surface area contributed by atoms with Crippen molar-refractivity contribution in [3.05, 3.63) is 184 Å². The molecule has 0 bridgehead atoms. The maximum Gasteiger partial charge on any atom is 0.504 e. The second-order valence-corrected chi connectivity index (χ2v) is 18.1. The SMILES string of the molecule is CO[Si]C=C=Cc1ccc(N(c2ccc(-c3ccc(N(c4ccc(C=CC[Si](OC)(OC)OC)cc4)c4ccc(C)c(C)c4)cc3)cc2)c2ccc(C)c(C)c2)cc1. The highest BCUT2D eigenvalue weighted by atomic mass is 28.4. The molecule has 0 fully saturated rings. The molecular weight excluding hydrogens is 749 g/mol. The first-order chi connectivity index (χ1) is 28.2. The fraction of sp³-hybridized carbons (Fsp3) is 0.180. The van der Waals surface area contributed by atoms with Crippen LogP contribution in [-0.2, 0) is 17.7 Å². The zero-order chi connectivity index (χ0) is 41.1. The van der Waals surface area contributed by atoms with Crippen molar-refractivity contribution in [3.8, 4) is 11.1 Å². The van der Waals surface area contributed by atoms with Gasteiger partial charge in [0.1, 0.15) is 0 Å². The number of aryl methyl sites for hydroxylation is 4. The van der Waals surface area contributed by atoms with Crippen molar-refractivity contribution in [1.29, 1.82) is 0 Å². The highest BCUT2D eigenvalue weighted by molar-refractivity contribution is 6.61. The van der Waals surface area contributed by atoms with Crippen LogP contribution in [0.3, 0.4) is 0 Å². The molecule has 294 valence electrons. The lowest BCUT2D eigenvalue weighted by Gasteiger charge is -2.27. The molecule has 0 saturated carbocycles. The topological polar surface area (TPSA) is 43.4 Å². The van der Waals surface area contributed by atoms with Crippen molar-refractivity contribution >= 4 is 64.8 Å². The third kappa shape index (κ3) is 10.1. The minimum Gasteiger partial charge on any atom is -0.415 e. The van der Waals surface area contributed by atoms with Crippen LogP contribution < -0.4 is 9.80 Å². The monoisotopic (exact) mass is 800 g/mol. The normalized spacial score (nSPS) is 11.4. The quantitative estimate of drug-likeness (QED) is 0.0717. The van der Waals surface area contributed by atoms with E-state index in [2.05, 4.69) is 189 Å². The van der Waals surface area contributed by atoms with E-state index in [4.69, 9.17) is 17.7 Å². The highest BCUT2D eigenvalue weighted by Crippen LogP contribution is 2.39. The average Bonchev–Trinajstić information content (AvgIpc) is 3.25. The van der Waals surface area contributed by atoms with Gasteiger partial charge in [0.25, 0.3) is 9.76 Å². The van der Waals surface area contributed by atoms with E-state index in [9.17, 15) is 0 Å². The minimum atomic E-state index is -2.68. The van der Waals surface area contributed by atoms with Crippen LogP contribution in [0.25, 0.3) is 23.3 Å². The highest BCUT2D eigenvalue weighted by Gasteiger charge is 2.36. The summed E-state index contributed by atoms with van der Waals surface area (Å²) in [5.74, 6) is 0. The van der Waals surface area contributed by atoms with E-state index in [0.717, 1.165) is 56.4 Å². The van der Waals surface area contributed by atoms with Gasteiger partial charge in [0.15, 0.2) is 0 Å². The van der Waals surface area contributed by atoms with Gasteiger partial charge < -0.3 is 27.5 Å². The lowest BCUT2D eigenvalue weighted by atomic mass is 10.0. The van der Waals surface area contributed by atoms with Gasteiger partial charge in [-0.05, 0) is 157 Å². The molecule has 0 heterocycles. The molecular formula is C50H52N2O4Si2. The third-order valence-electron chi connectivity index (χ3n) is 10.5. The molecule has 8 heteroatoms. The summed E-state index contributed by atoms with van der Waals surface area (Å²) < 4.78 is 21.9. The Morgan fingerprint density at radius 3 is 1.29 bits per heavy atom. The first kappa shape index (κ1) is 42.1. The number of benzene rings is 6. The molecule has 6 aromatic carbocycles. The molecule has 0 aliphatic rings. The zero-order valence-electron chi connectivity index (χ0n) is 34.7. The van der Waals surface area contributed by atoms with Crippen LogP contribution in [0.2, 0.25) is 6.04 Å². The lowest BCUT2D eigenvalue weighted by Crippen LogP contribution is -2.42. The Bertz CT molecular complexity index is 2360. The molecule has 0 aromatic heterocycles. The number of hydrogen-bond acceptors (Lipinski definition) is 6. The Morgan fingerprint density at radius 2 is 0.897 bits per heavy atom. The predicted octanol–water partition coefficient (Wildman–Crippen LogP) is 12.8. The second-order valence-electron chi connectivity index (χ2n) is 14.2. The number of allylic oxidation sites excluding steroid dienone is 1. The predicted molar refractivity (Wildman–Crippen MR) is 246 cm³/mol. The van der Waals surface area contributed by atoms with Gasteiger partial charge in [0.2, 0.25) is 0 Å². The van der Waals surface area contributed by atoms with Crippen LogP contribution in [-0.4, -0.2) is 47.0 Å². The van der Waals surface area contributed by atoms with Gasteiger partial charge in [-0.2, -0.15) is 0 Å². The van der Waals surface area contributed by atoms with E-state index in [1.165, 1.54) is 22.3 Å². The molecule has 6 nitrogen and oxygen atoms in total. The van der Waals surface area contributed by atoms with Crippen LogP contribution in [0.5, 0.6) is 0 Å². The number of hydrogen-bond donors (Lipinski definition) is 0. The van der Waals surface area contributed by atoms with E-state index in [0.29, 0.717) is 15.8 Å². The van der Waals surface area contributed by atoms with Crippen LogP contribution in [0.4, 0.5) is 34.1 Å². The Labute approximate surface area is 348 Å². The Hall–Kier alpha value is -5.55. The van der Waals surface area contributed by atoms with Gasteiger partial charge in [-0.25, -0.2) is 0 Å². The van der Waals surface area contributed by atoms with Crippen LogP contribution >= 0.6 is 0 Å². The molecule has 0 aliphatic heterocycles. The van der Waals surface area contributed by atoms with Crippen molar-refractivity contribution in [2.24, 2.45) is 0 Å². The summed E-state index contributed by atoms with van der Waals surface area (Å²) in [5.41, 5.74) is 21.2. The molecule has 0 atom stereocenters. The molecule has 0 amide bonds. The maximum atomic E-state index is 5.58. The molecule has 0 unspecified atom stereocenters. The van der Waals surface area contributed by atoms with Gasteiger partial charge >= 0.3 is 8.80 Å². The Kier molecular flexibility index (Phi) is 14.3. The number of nitrogens with zero attached hydrogens (tertiary/aromatic N) is 2. The standard InChI is InChI=1S/C50H52N2O4Si2/c1-37-13-23-49(35-39(37)3)51(45-25-15-41(16-26-45)11-9-33-57-53-5)47-29-19-43(20-30-47)44-21-31-48(32-22-44)52(50-24-14-38(2)40(4)36-50)46-27-17-42(18-28-46)12-10-34-58(54-6,55-7)56-8/h10-33,35-36H,34H2,1-8H3. The van der Waals surface area contributed by atoms with Crippen molar-refractivity contribution in [2.45, 2.75) is 33.7 Å². The zero-order valence-corrected chi connectivity index (χ0v) is 36.7. The Balaban J connectivity index is 1.28. The molecule has 0 saturated heterocycles. The molecule has 6 aromatic rings. The fourth-order valence-electron chi connectivity index (χ4n) is 6.75. The van der Waals surface area contributed by atoms with Crippen LogP contribution in [0.1, 0.15) is 33.4 Å². The molecule has 0 N–H and O–H groups in total. The smallest absolute Gasteiger partial charge is 0.415 e. The van der Waals surface area contributed by atoms with E-state index in [1.54, 1.807) is 28.4 Å². The maximum absolute atomic E-state index is 5.58. The summed E-state index contributed by atoms with van der Waals surface area (Å²) in [4.78, 5) is 4.62. The molecule has 0 aliphatic carbocycles. The number of rotatable bonds is 16. The fourth-order valence-corrected chi connectivity index (χ4v) is 8.43. The second kappa shape index (κ2) is 19.7. The van der Waals surface area contributed by atoms with Crippen molar-refractivity contribution < 1.29 is 17.7 Å². The summed E-state index contributed by atoms with van der Waals surface area (Å²) in [6.07, 6.45) is 6.13. The van der Waals surface area contributed by atoms with E-state index in [-0.39, 0.29) is 0 Å². The summed E-state index contributed by atoms with van der Waals surface area (Å²) >= 11 is 0. The molecule has 0 spiro atoms. The van der Waals surface area contributed by atoms with Crippen molar-refractivity contribution in [2.75, 3.05) is 38.2 Å². The Morgan fingerprint density at radius 1 is 0.500 bits per heavy atom. The van der Waals surface area contributed by atoms with Gasteiger partial charge in [0, 0.05) is 68.6 Å². The van der Waals surface area contributed by atoms with Gasteiger partial charge in [-0.15, -0.1) is 5.73 Å².